The maximum atomic E-state index is 5.36. The molecule has 0 bridgehead atoms. The molecule has 7 heteroatoms. The van der Waals surface area contributed by atoms with Crippen molar-refractivity contribution >= 4 is 16.3 Å². The van der Waals surface area contributed by atoms with Crippen LogP contribution >= 0.6 is 11.3 Å². The lowest BCUT2D eigenvalue weighted by Crippen LogP contribution is -1.96. The Kier molecular flexibility index (Phi) is 3.19. The Hall–Kier alpha value is -2.28. The van der Waals surface area contributed by atoms with Gasteiger partial charge in [-0.3, -0.25) is 0 Å². The van der Waals surface area contributed by atoms with Crippen LogP contribution in [0.2, 0.25) is 0 Å². The van der Waals surface area contributed by atoms with Gasteiger partial charge in [0.05, 0.1) is 33.2 Å². The molecule has 0 atom stereocenters. The molecule has 0 spiro atoms. The molecule has 1 aromatic carbocycles. The number of nitrogens with zero attached hydrogens (tertiary/aromatic N) is 3. The molecule has 0 saturated carbocycles. The predicted octanol–water partition coefficient (Wildman–Crippen LogP) is 2.48. The Morgan fingerprint density at radius 2 is 1.75 bits per heavy atom. The molecule has 104 valence electrons. The van der Waals surface area contributed by atoms with Gasteiger partial charge in [0.2, 0.25) is 10.7 Å². The molecule has 0 aliphatic heterocycles. The van der Waals surface area contributed by atoms with Crippen molar-refractivity contribution in [1.82, 2.24) is 14.6 Å². The number of aromatic nitrogens is 3. The Balaban J connectivity index is 2.21. The van der Waals surface area contributed by atoms with Crippen molar-refractivity contribution in [3.8, 4) is 28.5 Å². The van der Waals surface area contributed by atoms with Crippen LogP contribution in [0.4, 0.5) is 0 Å². The maximum absolute atomic E-state index is 5.36. The van der Waals surface area contributed by atoms with Crippen LogP contribution < -0.4 is 14.2 Å². The zero-order valence-electron chi connectivity index (χ0n) is 11.3. The van der Waals surface area contributed by atoms with E-state index >= 15 is 0 Å². The number of methoxy groups -OCH3 is 3. The molecular formula is C13H13N3O3S. The third kappa shape index (κ3) is 1.87. The molecule has 0 radical (unpaired) electrons. The minimum atomic E-state index is 0.567. The van der Waals surface area contributed by atoms with E-state index in [0.29, 0.717) is 17.2 Å². The van der Waals surface area contributed by atoms with E-state index in [9.17, 15) is 0 Å². The largest absolute Gasteiger partial charge is 0.493 e. The van der Waals surface area contributed by atoms with Crippen LogP contribution in [0.1, 0.15) is 0 Å². The van der Waals surface area contributed by atoms with Crippen LogP contribution in [0.5, 0.6) is 17.2 Å². The standard InChI is InChI=1S/C13H13N3O3S/c1-17-10-4-8(5-11(18-2)12(10)19-3)9-6-14-13-16(9)15-7-20-13/h4-7H,1-3H3. The number of rotatable bonds is 4. The van der Waals surface area contributed by atoms with E-state index in [1.165, 1.54) is 11.3 Å². The summed E-state index contributed by atoms with van der Waals surface area (Å²) in [6.45, 7) is 0. The summed E-state index contributed by atoms with van der Waals surface area (Å²) >= 11 is 1.48. The molecule has 0 amide bonds. The highest BCUT2D eigenvalue weighted by Crippen LogP contribution is 2.41. The molecule has 20 heavy (non-hydrogen) atoms. The number of fused-ring (bicyclic) bond motifs is 1. The van der Waals surface area contributed by atoms with Gasteiger partial charge in [-0.15, -0.1) is 0 Å². The second kappa shape index (κ2) is 5.01. The molecule has 2 heterocycles. The molecule has 3 aromatic rings. The van der Waals surface area contributed by atoms with E-state index in [0.717, 1.165) is 16.2 Å². The van der Waals surface area contributed by atoms with Crippen LogP contribution in [0.25, 0.3) is 16.2 Å². The first-order valence-corrected chi connectivity index (χ1v) is 6.74. The van der Waals surface area contributed by atoms with E-state index in [-0.39, 0.29) is 0 Å². The zero-order chi connectivity index (χ0) is 14.1. The first-order valence-electron chi connectivity index (χ1n) is 5.86. The lowest BCUT2D eigenvalue weighted by Gasteiger charge is -2.13. The summed E-state index contributed by atoms with van der Waals surface area (Å²) < 4.78 is 17.8. The van der Waals surface area contributed by atoms with Gasteiger partial charge in [0, 0.05) is 5.56 Å². The number of hydrogen-bond donors (Lipinski definition) is 0. The Morgan fingerprint density at radius 3 is 2.35 bits per heavy atom. The smallest absolute Gasteiger partial charge is 0.212 e. The van der Waals surface area contributed by atoms with Gasteiger partial charge >= 0.3 is 0 Å². The highest BCUT2D eigenvalue weighted by atomic mass is 32.1. The summed E-state index contributed by atoms with van der Waals surface area (Å²) in [6, 6.07) is 3.76. The quantitative estimate of drug-likeness (QED) is 0.739. The number of ether oxygens (including phenoxy) is 3. The van der Waals surface area contributed by atoms with Crippen LogP contribution in [0, 0.1) is 0 Å². The van der Waals surface area contributed by atoms with Gasteiger partial charge in [0.25, 0.3) is 0 Å². The third-order valence-corrected chi connectivity index (χ3v) is 3.68. The lowest BCUT2D eigenvalue weighted by molar-refractivity contribution is 0.324. The minimum absolute atomic E-state index is 0.567. The van der Waals surface area contributed by atoms with E-state index in [1.807, 2.05) is 12.1 Å². The average molecular weight is 291 g/mol. The summed E-state index contributed by atoms with van der Waals surface area (Å²) in [4.78, 5) is 5.16. The Labute approximate surface area is 119 Å². The monoisotopic (exact) mass is 291 g/mol. The average Bonchev–Trinajstić information content (AvgIpc) is 3.08. The van der Waals surface area contributed by atoms with E-state index in [2.05, 4.69) is 10.1 Å². The summed E-state index contributed by atoms with van der Waals surface area (Å²) in [5.74, 6) is 1.77. The van der Waals surface area contributed by atoms with Crippen LogP contribution in [0.3, 0.4) is 0 Å². The summed E-state index contributed by atoms with van der Waals surface area (Å²) in [6.07, 6.45) is 1.78. The van der Waals surface area contributed by atoms with Crippen molar-refractivity contribution in [1.29, 1.82) is 0 Å². The van der Waals surface area contributed by atoms with Gasteiger partial charge in [0.15, 0.2) is 11.5 Å². The minimum Gasteiger partial charge on any atom is -0.493 e. The molecule has 0 fully saturated rings. The van der Waals surface area contributed by atoms with Gasteiger partial charge in [-0.2, -0.15) is 5.10 Å². The molecule has 3 rings (SSSR count). The SMILES string of the molecule is COc1cc(-c2cnc3scnn23)cc(OC)c1OC. The Bertz CT molecular complexity index is 725. The van der Waals surface area contributed by atoms with Gasteiger partial charge in [-0.1, -0.05) is 11.3 Å². The van der Waals surface area contributed by atoms with E-state index in [1.54, 1.807) is 37.6 Å². The van der Waals surface area contributed by atoms with Gasteiger partial charge < -0.3 is 14.2 Å². The number of benzene rings is 1. The second-order valence-corrected chi connectivity index (χ2v) is 4.80. The number of imidazole rings is 1. The summed E-state index contributed by atoms with van der Waals surface area (Å²) in [7, 11) is 4.77. The third-order valence-electron chi connectivity index (χ3n) is 2.99. The van der Waals surface area contributed by atoms with E-state index < -0.39 is 0 Å². The topological polar surface area (TPSA) is 57.9 Å². The maximum Gasteiger partial charge on any atom is 0.212 e. The first-order chi connectivity index (χ1) is 9.78. The Morgan fingerprint density at radius 1 is 1.05 bits per heavy atom. The molecule has 2 aromatic heterocycles. The molecular weight excluding hydrogens is 278 g/mol. The fourth-order valence-electron chi connectivity index (χ4n) is 2.06. The van der Waals surface area contributed by atoms with Crippen LogP contribution in [-0.2, 0) is 0 Å². The normalized spacial score (nSPS) is 10.8. The summed E-state index contributed by atoms with van der Waals surface area (Å²) in [5, 5.41) is 4.27. The van der Waals surface area contributed by atoms with Crippen molar-refractivity contribution in [3.05, 3.63) is 23.8 Å². The van der Waals surface area contributed by atoms with E-state index in [4.69, 9.17) is 14.2 Å². The summed E-state index contributed by atoms with van der Waals surface area (Å²) in [5.41, 5.74) is 3.53. The zero-order valence-corrected chi connectivity index (χ0v) is 12.1. The van der Waals surface area contributed by atoms with Gasteiger partial charge in [-0.05, 0) is 12.1 Å². The fraction of sp³-hybridized carbons (Fsp3) is 0.231. The predicted molar refractivity (Wildman–Crippen MR) is 76.0 cm³/mol. The number of hydrogen-bond acceptors (Lipinski definition) is 6. The van der Waals surface area contributed by atoms with Gasteiger partial charge in [-0.25, -0.2) is 9.50 Å². The van der Waals surface area contributed by atoms with Crippen molar-refractivity contribution in [2.45, 2.75) is 0 Å². The van der Waals surface area contributed by atoms with Crippen molar-refractivity contribution in [3.63, 3.8) is 0 Å². The molecule has 0 N–H and O–H groups in total. The highest BCUT2D eigenvalue weighted by molar-refractivity contribution is 7.14. The second-order valence-electron chi connectivity index (χ2n) is 3.99. The molecule has 6 nitrogen and oxygen atoms in total. The highest BCUT2D eigenvalue weighted by Gasteiger charge is 2.16. The van der Waals surface area contributed by atoms with Gasteiger partial charge in [0.1, 0.15) is 5.51 Å². The first kappa shape index (κ1) is 12.7. The van der Waals surface area contributed by atoms with Crippen molar-refractivity contribution < 1.29 is 14.2 Å². The molecule has 0 aliphatic rings. The van der Waals surface area contributed by atoms with Crippen molar-refractivity contribution in [2.75, 3.05) is 21.3 Å². The molecule has 0 aliphatic carbocycles. The van der Waals surface area contributed by atoms with Crippen molar-refractivity contribution in [2.24, 2.45) is 0 Å². The lowest BCUT2D eigenvalue weighted by atomic mass is 10.1. The molecule has 0 unspecified atom stereocenters. The molecule has 0 saturated heterocycles. The van der Waals surface area contributed by atoms with Crippen LogP contribution in [0.15, 0.2) is 23.8 Å². The fourth-order valence-corrected chi connectivity index (χ4v) is 2.66. The van der Waals surface area contributed by atoms with Crippen LogP contribution in [-0.4, -0.2) is 35.9 Å².